The van der Waals surface area contributed by atoms with E-state index < -0.39 is 0 Å². The molecular weight excluding hydrogens is 320 g/mol. The molecule has 2 aliphatic rings. The molecule has 1 aliphatic carbocycles. The predicted molar refractivity (Wildman–Crippen MR) is 98.5 cm³/mol. The normalized spacial score (nSPS) is 22.9. The number of nitrogens with one attached hydrogen (secondary N) is 2. The van der Waals surface area contributed by atoms with Crippen molar-refractivity contribution in [2.75, 3.05) is 33.4 Å². The van der Waals surface area contributed by atoms with Crippen LogP contribution in [0.5, 0.6) is 0 Å². The molecule has 24 heavy (non-hydrogen) atoms. The van der Waals surface area contributed by atoms with Crippen molar-refractivity contribution in [1.82, 2.24) is 10.6 Å². The molecular formula is C19H30N2O2S. The number of carbonyl (C=O) groups is 1. The Balaban J connectivity index is 1.70. The maximum atomic E-state index is 13.0. The van der Waals surface area contributed by atoms with E-state index in [2.05, 4.69) is 28.1 Å². The van der Waals surface area contributed by atoms with Crippen LogP contribution in [-0.2, 0) is 14.9 Å². The Hall–Kier alpha value is -0.910. The van der Waals surface area contributed by atoms with E-state index in [1.165, 1.54) is 37.0 Å². The van der Waals surface area contributed by atoms with E-state index in [1.54, 1.807) is 7.11 Å². The zero-order chi connectivity index (χ0) is 16.9. The molecule has 0 unspecified atom stereocenters. The standard InChI is InChI=1S/C19H30N2O2S/c1-23-15-19(9-11-20-12-10-19)17(22)21-14-18(7-3-2-4-8-18)16-6-5-13-24-16/h5-6,13,20H,2-4,7-12,14-15H2,1H3,(H,21,22). The lowest BCUT2D eigenvalue weighted by atomic mass is 9.72. The fraction of sp³-hybridized carbons (Fsp3) is 0.737. The summed E-state index contributed by atoms with van der Waals surface area (Å²) in [5, 5.41) is 8.85. The number of rotatable bonds is 6. The maximum Gasteiger partial charge on any atom is 0.228 e. The Morgan fingerprint density at radius 3 is 2.62 bits per heavy atom. The van der Waals surface area contributed by atoms with E-state index in [-0.39, 0.29) is 16.7 Å². The maximum absolute atomic E-state index is 13.0. The molecule has 1 aliphatic heterocycles. The van der Waals surface area contributed by atoms with Crippen LogP contribution >= 0.6 is 11.3 Å². The highest BCUT2D eigenvalue weighted by atomic mass is 32.1. The first kappa shape index (κ1) is 17.9. The lowest BCUT2D eigenvalue weighted by Gasteiger charge is -2.40. The van der Waals surface area contributed by atoms with E-state index in [1.807, 2.05) is 11.3 Å². The topological polar surface area (TPSA) is 50.4 Å². The van der Waals surface area contributed by atoms with E-state index in [0.29, 0.717) is 6.61 Å². The summed E-state index contributed by atoms with van der Waals surface area (Å²) in [7, 11) is 1.70. The molecule has 3 rings (SSSR count). The van der Waals surface area contributed by atoms with Gasteiger partial charge in [0.1, 0.15) is 0 Å². The van der Waals surface area contributed by atoms with Gasteiger partial charge in [0.25, 0.3) is 0 Å². The molecule has 0 radical (unpaired) electrons. The third-order valence-electron chi connectivity index (χ3n) is 5.90. The molecule has 4 nitrogen and oxygen atoms in total. The summed E-state index contributed by atoms with van der Waals surface area (Å²) in [6.07, 6.45) is 7.94. The first-order chi connectivity index (χ1) is 11.7. The number of amides is 1. The van der Waals surface area contributed by atoms with Gasteiger partial charge in [-0.15, -0.1) is 11.3 Å². The summed E-state index contributed by atoms with van der Waals surface area (Å²) < 4.78 is 5.41. The van der Waals surface area contributed by atoms with E-state index >= 15 is 0 Å². The number of methoxy groups -OCH3 is 1. The van der Waals surface area contributed by atoms with Crippen LogP contribution in [0.1, 0.15) is 49.8 Å². The number of carbonyl (C=O) groups excluding carboxylic acids is 1. The monoisotopic (exact) mass is 350 g/mol. The van der Waals surface area contributed by atoms with Crippen LogP contribution in [0.3, 0.4) is 0 Å². The van der Waals surface area contributed by atoms with Crippen LogP contribution in [0.15, 0.2) is 17.5 Å². The summed E-state index contributed by atoms with van der Waals surface area (Å²) in [6, 6.07) is 4.38. The van der Waals surface area contributed by atoms with Crippen molar-refractivity contribution < 1.29 is 9.53 Å². The van der Waals surface area contributed by atoms with Gasteiger partial charge < -0.3 is 15.4 Å². The Morgan fingerprint density at radius 1 is 1.25 bits per heavy atom. The molecule has 0 atom stereocenters. The van der Waals surface area contributed by atoms with Gasteiger partial charge in [-0.3, -0.25) is 4.79 Å². The first-order valence-electron chi connectivity index (χ1n) is 9.23. The second kappa shape index (κ2) is 7.98. The molecule has 2 fully saturated rings. The molecule has 134 valence electrons. The summed E-state index contributed by atoms with van der Waals surface area (Å²) in [4.78, 5) is 14.5. The minimum Gasteiger partial charge on any atom is -0.384 e. The van der Waals surface area contributed by atoms with E-state index in [4.69, 9.17) is 4.74 Å². The molecule has 1 saturated heterocycles. The molecule has 0 bridgehead atoms. The number of hydrogen-bond acceptors (Lipinski definition) is 4. The fourth-order valence-corrected chi connectivity index (χ4v) is 5.36. The van der Waals surface area contributed by atoms with E-state index in [9.17, 15) is 4.79 Å². The van der Waals surface area contributed by atoms with Gasteiger partial charge in [-0.25, -0.2) is 0 Å². The molecule has 5 heteroatoms. The van der Waals surface area contributed by atoms with Crippen LogP contribution < -0.4 is 10.6 Å². The van der Waals surface area contributed by atoms with Crippen molar-refractivity contribution in [3.8, 4) is 0 Å². The van der Waals surface area contributed by atoms with Crippen molar-refractivity contribution in [2.45, 2.75) is 50.4 Å². The van der Waals surface area contributed by atoms with Crippen molar-refractivity contribution in [2.24, 2.45) is 5.41 Å². The van der Waals surface area contributed by atoms with Gasteiger partial charge >= 0.3 is 0 Å². The predicted octanol–water partition coefficient (Wildman–Crippen LogP) is 3.08. The highest BCUT2D eigenvalue weighted by molar-refractivity contribution is 7.10. The van der Waals surface area contributed by atoms with Crippen molar-refractivity contribution in [1.29, 1.82) is 0 Å². The fourth-order valence-electron chi connectivity index (χ4n) is 4.37. The first-order valence-corrected chi connectivity index (χ1v) is 10.1. The lowest BCUT2D eigenvalue weighted by Crippen LogP contribution is -2.52. The Morgan fingerprint density at radius 2 is 2.00 bits per heavy atom. The zero-order valence-corrected chi connectivity index (χ0v) is 15.6. The molecule has 1 amide bonds. The van der Waals surface area contributed by atoms with Crippen LogP contribution in [0, 0.1) is 5.41 Å². The number of hydrogen-bond donors (Lipinski definition) is 2. The molecule has 0 spiro atoms. The summed E-state index contributed by atoms with van der Waals surface area (Å²) in [5.74, 6) is 0.187. The highest BCUT2D eigenvalue weighted by Gasteiger charge is 2.41. The summed E-state index contributed by atoms with van der Waals surface area (Å²) in [6.45, 7) is 3.08. The van der Waals surface area contributed by atoms with Crippen molar-refractivity contribution in [3.05, 3.63) is 22.4 Å². The molecule has 2 N–H and O–H groups in total. The average Bonchev–Trinajstić information content (AvgIpc) is 3.17. The summed E-state index contributed by atoms with van der Waals surface area (Å²) >= 11 is 1.84. The highest BCUT2D eigenvalue weighted by Crippen LogP contribution is 2.41. The van der Waals surface area contributed by atoms with Crippen molar-refractivity contribution >= 4 is 17.2 Å². The van der Waals surface area contributed by atoms with E-state index in [0.717, 1.165) is 32.5 Å². The largest absolute Gasteiger partial charge is 0.384 e. The minimum atomic E-state index is -0.356. The molecule has 0 aromatic carbocycles. The Bertz CT molecular complexity index is 512. The quantitative estimate of drug-likeness (QED) is 0.829. The van der Waals surface area contributed by atoms with Gasteiger partial charge in [-0.1, -0.05) is 25.3 Å². The number of piperidine rings is 1. The van der Waals surface area contributed by atoms with Gasteiger partial charge in [-0.2, -0.15) is 0 Å². The van der Waals surface area contributed by atoms with Crippen LogP contribution in [0.4, 0.5) is 0 Å². The molecule has 1 aromatic rings. The van der Waals surface area contributed by atoms with Gasteiger partial charge in [0, 0.05) is 23.9 Å². The van der Waals surface area contributed by atoms with Crippen LogP contribution in [-0.4, -0.2) is 39.3 Å². The number of thiophene rings is 1. The smallest absolute Gasteiger partial charge is 0.228 e. The summed E-state index contributed by atoms with van der Waals surface area (Å²) in [5.41, 5.74) is -0.214. The van der Waals surface area contributed by atoms with Crippen LogP contribution in [0.25, 0.3) is 0 Å². The van der Waals surface area contributed by atoms with Gasteiger partial charge in [0.05, 0.1) is 12.0 Å². The second-order valence-corrected chi connectivity index (χ2v) is 8.41. The third kappa shape index (κ3) is 3.68. The number of ether oxygens (including phenoxy) is 1. The van der Waals surface area contributed by atoms with Crippen molar-refractivity contribution in [3.63, 3.8) is 0 Å². The van der Waals surface area contributed by atoms with Crippen LogP contribution in [0.2, 0.25) is 0 Å². The minimum absolute atomic E-state index is 0.142. The second-order valence-electron chi connectivity index (χ2n) is 7.46. The molecule has 2 heterocycles. The zero-order valence-electron chi connectivity index (χ0n) is 14.7. The van der Waals surface area contributed by atoms with Gasteiger partial charge in [0.2, 0.25) is 5.91 Å². The Labute approximate surface area is 149 Å². The Kier molecular flexibility index (Phi) is 5.95. The SMILES string of the molecule is COCC1(C(=O)NCC2(c3cccs3)CCCCC2)CCNCC1. The third-order valence-corrected chi connectivity index (χ3v) is 7.02. The molecule has 1 saturated carbocycles. The lowest BCUT2D eigenvalue weighted by molar-refractivity contribution is -0.136. The van der Waals surface area contributed by atoms with Gasteiger partial charge in [-0.05, 0) is 50.2 Å². The average molecular weight is 351 g/mol. The molecule has 1 aromatic heterocycles. The van der Waals surface area contributed by atoms with Gasteiger partial charge in [0.15, 0.2) is 0 Å².